The van der Waals surface area contributed by atoms with E-state index in [0.29, 0.717) is 6.07 Å². The van der Waals surface area contributed by atoms with Gasteiger partial charge in [0.25, 0.3) is 0 Å². The summed E-state index contributed by atoms with van der Waals surface area (Å²) in [6.45, 7) is 1.82. The van der Waals surface area contributed by atoms with Crippen molar-refractivity contribution in [3.63, 3.8) is 0 Å². The zero-order valence-corrected chi connectivity index (χ0v) is 10.6. The molecule has 18 heavy (non-hydrogen) atoms. The van der Waals surface area contributed by atoms with Gasteiger partial charge in [0, 0.05) is 13.7 Å². The second-order valence-corrected chi connectivity index (χ2v) is 4.90. The minimum absolute atomic E-state index is 0.187. The number of rotatable bonds is 6. The number of sulfonamides is 1. The van der Waals surface area contributed by atoms with Crippen molar-refractivity contribution < 1.29 is 26.7 Å². The summed E-state index contributed by atoms with van der Waals surface area (Å²) < 4.78 is 61.3. The highest BCUT2D eigenvalue weighted by Gasteiger charge is 2.23. The first-order chi connectivity index (χ1) is 8.40. The second kappa shape index (κ2) is 6.19. The van der Waals surface area contributed by atoms with Crippen LogP contribution in [-0.4, -0.2) is 28.5 Å². The van der Waals surface area contributed by atoms with Crippen LogP contribution in [0.15, 0.2) is 23.1 Å². The Kier molecular flexibility index (Phi) is 5.15. The molecule has 1 aromatic rings. The summed E-state index contributed by atoms with van der Waals surface area (Å²) in [5.74, 6) is -1.92. The molecule has 1 N–H and O–H groups in total. The molecule has 1 rings (SSSR count). The average Bonchev–Trinajstić information content (AvgIpc) is 2.31. The smallest absolute Gasteiger partial charge is 0.247 e. The van der Waals surface area contributed by atoms with Gasteiger partial charge in [-0.05, 0) is 25.1 Å². The molecule has 0 amide bonds. The molecule has 102 valence electrons. The molecule has 0 spiro atoms. The molecule has 0 aliphatic heterocycles. The van der Waals surface area contributed by atoms with Crippen molar-refractivity contribution in [1.29, 1.82) is 0 Å². The third-order valence-electron chi connectivity index (χ3n) is 1.97. The lowest BCUT2D eigenvalue weighted by atomic mass is 10.3. The Labute approximate surface area is 104 Å². The van der Waals surface area contributed by atoms with Crippen LogP contribution in [0, 0.1) is 11.6 Å². The summed E-state index contributed by atoms with van der Waals surface area (Å²) in [5.41, 5.74) is 0. The van der Waals surface area contributed by atoms with Crippen molar-refractivity contribution >= 4 is 10.0 Å². The first-order valence-corrected chi connectivity index (χ1v) is 6.50. The summed E-state index contributed by atoms with van der Waals surface area (Å²) in [6, 6.07) is 2.13. The normalized spacial score (nSPS) is 13.6. The van der Waals surface area contributed by atoms with Crippen molar-refractivity contribution in [1.82, 2.24) is 4.72 Å². The number of ether oxygens (including phenoxy) is 2. The molecule has 1 aromatic carbocycles. The van der Waals surface area contributed by atoms with Gasteiger partial charge in [-0.2, -0.15) is 4.72 Å². The van der Waals surface area contributed by atoms with E-state index in [0.717, 1.165) is 12.1 Å². The van der Waals surface area contributed by atoms with E-state index >= 15 is 0 Å². The molecule has 0 heterocycles. The summed E-state index contributed by atoms with van der Waals surface area (Å²) in [4.78, 5) is -0.802. The fraction of sp³-hybridized carbons (Fsp3) is 0.400. The quantitative estimate of drug-likeness (QED) is 0.796. The Bertz CT molecular complexity index is 507. The predicted molar refractivity (Wildman–Crippen MR) is 59.1 cm³/mol. The van der Waals surface area contributed by atoms with E-state index in [-0.39, 0.29) is 6.61 Å². The average molecular weight is 281 g/mol. The molecule has 0 aromatic heterocycles. The van der Waals surface area contributed by atoms with Crippen LogP contribution in [0.2, 0.25) is 0 Å². The standard InChI is InChI=1S/C10H13F2NO4S/c1-3-17-10(16-2)13-18(14,15)9-6-7(11)4-5-8(9)12/h4-6,10,13H,3H2,1-2H3. The van der Waals surface area contributed by atoms with Gasteiger partial charge >= 0.3 is 0 Å². The molecule has 0 radical (unpaired) electrons. The second-order valence-electron chi connectivity index (χ2n) is 3.22. The van der Waals surface area contributed by atoms with Crippen molar-refractivity contribution in [3.8, 4) is 0 Å². The molecule has 1 atom stereocenters. The summed E-state index contributed by atoms with van der Waals surface area (Å²) >= 11 is 0. The monoisotopic (exact) mass is 281 g/mol. The Morgan fingerprint density at radius 3 is 2.61 bits per heavy atom. The lowest BCUT2D eigenvalue weighted by Gasteiger charge is -2.16. The van der Waals surface area contributed by atoms with Gasteiger partial charge in [0.2, 0.25) is 16.4 Å². The van der Waals surface area contributed by atoms with E-state index < -0.39 is 33.0 Å². The first kappa shape index (κ1) is 15.0. The number of nitrogens with one attached hydrogen (secondary N) is 1. The van der Waals surface area contributed by atoms with Gasteiger partial charge in [0.1, 0.15) is 16.5 Å². The maximum atomic E-state index is 13.3. The summed E-state index contributed by atoms with van der Waals surface area (Å²) in [7, 11) is -3.05. The van der Waals surface area contributed by atoms with E-state index in [4.69, 9.17) is 4.74 Å². The van der Waals surface area contributed by atoms with Crippen molar-refractivity contribution in [2.24, 2.45) is 0 Å². The van der Waals surface area contributed by atoms with Crippen LogP contribution in [0.3, 0.4) is 0 Å². The van der Waals surface area contributed by atoms with Crippen LogP contribution in [0.1, 0.15) is 6.92 Å². The molecular formula is C10H13F2NO4S. The molecule has 0 saturated carbocycles. The molecule has 5 nitrogen and oxygen atoms in total. The minimum atomic E-state index is -4.26. The highest BCUT2D eigenvalue weighted by Crippen LogP contribution is 2.16. The Balaban J connectivity index is 3.02. The number of benzene rings is 1. The Morgan fingerprint density at radius 2 is 2.06 bits per heavy atom. The number of hydrogen-bond donors (Lipinski definition) is 1. The van der Waals surface area contributed by atoms with Gasteiger partial charge in [-0.25, -0.2) is 17.2 Å². The van der Waals surface area contributed by atoms with Crippen LogP contribution in [0.5, 0.6) is 0 Å². The molecule has 0 aliphatic carbocycles. The summed E-state index contributed by atoms with van der Waals surface area (Å²) in [5, 5.41) is 0. The molecular weight excluding hydrogens is 268 g/mol. The van der Waals surface area contributed by atoms with E-state index in [1.807, 2.05) is 4.72 Å². The van der Waals surface area contributed by atoms with Crippen LogP contribution >= 0.6 is 0 Å². The van der Waals surface area contributed by atoms with E-state index in [9.17, 15) is 17.2 Å². The van der Waals surface area contributed by atoms with Crippen molar-refractivity contribution in [2.75, 3.05) is 13.7 Å². The van der Waals surface area contributed by atoms with Gasteiger partial charge in [-0.15, -0.1) is 0 Å². The molecule has 0 aliphatic rings. The number of methoxy groups -OCH3 is 1. The minimum Gasteiger partial charge on any atom is -0.342 e. The highest BCUT2D eigenvalue weighted by molar-refractivity contribution is 7.89. The Hall–Kier alpha value is -1.09. The fourth-order valence-corrected chi connectivity index (χ4v) is 2.31. The number of hydrogen-bond acceptors (Lipinski definition) is 4. The van der Waals surface area contributed by atoms with Gasteiger partial charge < -0.3 is 9.47 Å². The Morgan fingerprint density at radius 1 is 1.39 bits per heavy atom. The lowest BCUT2D eigenvalue weighted by molar-refractivity contribution is -0.126. The number of halogens is 2. The van der Waals surface area contributed by atoms with Crippen molar-refractivity contribution in [2.45, 2.75) is 18.2 Å². The maximum Gasteiger partial charge on any atom is 0.247 e. The van der Waals surface area contributed by atoms with E-state index in [1.54, 1.807) is 6.92 Å². The zero-order chi connectivity index (χ0) is 13.8. The molecule has 1 unspecified atom stereocenters. The van der Waals surface area contributed by atoms with Gasteiger partial charge in [-0.3, -0.25) is 0 Å². The fourth-order valence-electron chi connectivity index (χ4n) is 1.17. The van der Waals surface area contributed by atoms with E-state index in [2.05, 4.69) is 4.74 Å². The van der Waals surface area contributed by atoms with Crippen LogP contribution in [0.4, 0.5) is 8.78 Å². The largest absolute Gasteiger partial charge is 0.342 e. The predicted octanol–water partition coefficient (Wildman–Crippen LogP) is 1.21. The van der Waals surface area contributed by atoms with Gasteiger partial charge in [0.05, 0.1) is 0 Å². The molecule has 0 saturated heterocycles. The molecule has 0 bridgehead atoms. The van der Waals surface area contributed by atoms with Crippen LogP contribution in [0.25, 0.3) is 0 Å². The van der Waals surface area contributed by atoms with Gasteiger partial charge in [-0.1, -0.05) is 0 Å². The van der Waals surface area contributed by atoms with Crippen LogP contribution in [-0.2, 0) is 19.5 Å². The van der Waals surface area contributed by atoms with Crippen LogP contribution < -0.4 is 4.72 Å². The third kappa shape index (κ3) is 3.70. The first-order valence-electron chi connectivity index (χ1n) is 5.02. The van der Waals surface area contributed by atoms with E-state index in [1.165, 1.54) is 7.11 Å². The highest BCUT2D eigenvalue weighted by atomic mass is 32.2. The maximum absolute atomic E-state index is 13.3. The molecule has 0 fully saturated rings. The lowest BCUT2D eigenvalue weighted by Crippen LogP contribution is -2.38. The zero-order valence-electron chi connectivity index (χ0n) is 9.81. The van der Waals surface area contributed by atoms with Gasteiger partial charge in [0.15, 0.2) is 0 Å². The molecule has 8 heteroatoms. The SMILES string of the molecule is CCOC(NS(=O)(=O)c1cc(F)ccc1F)OC. The topological polar surface area (TPSA) is 64.6 Å². The van der Waals surface area contributed by atoms with Crippen molar-refractivity contribution in [3.05, 3.63) is 29.8 Å². The third-order valence-corrected chi connectivity index (χ3v) is 3.36. The summed E-state index contributed by atoms with van der Waals surface area (Å²) in [6.07, 6.45) is -1.26.